The number of thiophene rings is 1. The number of nitrogens with zero attached hydrogens (tertiary/aromatic N) is 4. The van der Waals surface area contributed by atoms with Gasteiger partial charge in [0.05, 0.1) is 16.4 Å². The minimum absolute atomic E-state index is 0.295. The van der Waals surface area contributed by atoms with Crippen molar-refractivity contribution in [2.45, 2.75) is 32.4 Å². The molecule has 5 nitrogen and oxygen atoms in total. The number of fused-ring (bicyclic) bond motifs is 1. The monoisotopic (exact) mass is 342 g/mol. The van der Waals surface area contributed by atoms with Gasteiger partial charge in [-0.3, -0.25) is 14.6 Å². The first-order chi connectivity index (χ1) is 11.7. The van der Waals surface area contributed by atoms with Crippen molar-refractivity contribution in [2.24, 2.45) is 7.05 Å². The highest BCUT2D eigenvalue weighted by Crippen LogP contribution is 2.31. The smallest absolute Gasteiger partial charge is 0.140 e. The Hall–Kier alpha value is -1.92. The van der Waals surface area contributed by atoms with Crippen LogP contribution in [0.5, 0.6) is 5.75 Å². The van der Waals surface area contributed by atoms with Gasteiger partial charge in [-0.2, -0.15) is 5.10 Å². The summed E-state index contributed by atoms with van der Waals surface area (Å²) in [6.45, 7) is 5.25. The molecule has 0 amide bonds. The lowest BCUT2D eigenvalue weighted by molar-refractivity contribution is 0.0979. The molecule has 0 bridgehead atoms. The Morgan fingerprint density at radius 3 is 2.88 bits per heavy atom. The molecule has 0 aliphatic carbocycles. The lowest BCUT2D eigenvalue weighted by Crippen LogP contribution is -2.37. The van der Waals surface area contributed by atoms with Crippen molar-refractivity contribution in [3.63, 3.8) is 0 Å². The molecule has 24 heavy (non-hydrogen) atoms. The Kier molecular flexibility index (Phi) is 4.24. The number of aromatic nitrogens is 3. The summed E-state index contributed by atoms with van der Waals surface area (Å²) in [5, 5.41) is 6.41. The van der Waals surface area contributed by atoms with Crippen LogP contribution in [0.4, 0.5) is 0 Å². The van der Waals surface area contributed by atoms with Crippen LogP contribution in [-0.2, 0) is 13.6 Å². The molecule has 1 aliphatic heterocycles. The van der Waals surface area contributed by atoms with Gasteiger partial charge in [0.1, 0.15) is 11.9 Å². The predicted molar refractivity (Wildman–Crippen MR) is 96.5 cm³/mol. The second-order valence-corrected chi connectivity index (χ2v) is 7.33. The molecular formula is C18H22N4OS. The summed E-state index contributed by atoms with van der Waals surface area (Å²) in [6.07, 6.45) is 6.25. The van der Waals surface area contributed by atoms with E-state index in [2.05, 4.69) is 27.3 Å². The summed E-state index contributed by atoms with van der Waals surface area (Å²) < 4.78 is 9.38. The molecule has 3 aromatic rings. The number of likely N-dealkylation sites (tertiary alicyclic amines) is 1. The Labute approximate surface area is 145 Å². The number of hydrogen-bond acceptors (Lipinski definition) is 5. The van der Waals surface area contributed by atoms with Gasteiger partial charge in [0, 0.05) is 44.1 Å². The maximum Gasteiger partial charge on any atom is 0.140 e. The molecule has 1 aliphatic rings. The van der Waals surface area contributed by atoms with E-state index in [1.807, 2.05) is 36.3 Å². The number of aryl methyl sites for hydroxylation is 1. The quantitative estimate of drug-likeness (QED) is 0.729. The van der Waals surface area contributed by atoms with Crippen LogP contribution in [0, 0.1) is 6.92 Å². The highest BCUT2D eigenvalue weighted by molar-refractivity contribution is 7.17. The maximum atomic E-state index is 6.28. The van der Waals surface area contributed by atoms with Gasteiger partial charge >= 0.3 is 0 Å². The van der Waals surface area contributed by atoms with Crippen molar-refractivity contribution in [3.8, 4) is 5.75 Å². The second kappa shape index (κ2) is 6.53. The third kappa shape index (κ3) is 3.03. The predicted octanol–water partition coefficient (Wildman–Crippen LogP) is 3.38. The van der Waals surface area contributed by atoms with Crippen LogP contribution in [0.15, 0.2) is 29.9 Å². The van der Waals surface area contributed by atoms with Crippen molar-refractivity contribution in [2.75, 3.05) is 13.1 Å². The van der Waals surface area contributed by atoms with Crippen molar-refractivity contribution in [1.29, 1.82) is 0 Å². The molecule has 0 N–H and O–H groups in total. The summed E-state index contributed by atoms with van der Waals surface area (Å²) in [5.74, 6) is 0.983. The van der Waals surface area contributed by atoms with Gasteiger partial charge in [0.2, 0.25) is 0 Å². The van der Waals surface area contributed by atoms with Crippen molar-refractivity contribution >= 4 is 21.6 Å². The van der Waals surface area contributed by atoms with E-state index in [0.717, 1.165) is 48.4 Å². The van der Waals surface area contributed by atoms with Gasteiger partial charge in [0.15, 0.2) is 0 Å². The Morgan fingerprint density at radius 2 is 2.12 bits per heavy atom. The number of ether oxygens (including phenoxy) is 1. The molecule has 0 saturated carbocycles. The molecule has 1 saturated heterocycles. The Balaban J connectivity index is 1.36. The first-order valence-corrected chi connectivity index (χ1v) is 9.27. The summed E-state index contributed by atoms with van der Waals surface area (Å²) in [5.41, 5.74) is 3.61. The van der Waals surface area contributed by atoms with Gasteiger partial charge in [-0.25, -0.2) is 0 Å². The molecule has 1 fully saturated rings. The third-order valence-electron chi connectivity index (χ3n) is 4.87. The van der Waals surface area contributed by atoms with E-state index in [1.165, 1.54) is 11.3 Å². The number of rotatable bonds is 4. The van der Waals surface area contributed by atoms with E-state index < -0.39 is 0 Å². The molecule has 6 heteroatoms. The van der Waals surface area contributed by atoms with Gasteiger partial charge in [0.25, 0.3) is 0 Å². The SMILES string of the molecule is Cc1c(CN2CCC(Oc3ccnc4ccsc34)CC2)cnn1C. The Bertz CT molecular complexity index is 833. The lowest BCUT2D eigenvalue weighted by Gasteiger charge is -2.32. The van der Waals surface area contributed by atoms with Crippen molar-refractivity contribution in [1.82, 2.24) is 19.7 Å². The van der Waals surface area contributed by atoms with E-state index >= 15 is 0 Å². The molecule has 0 spiro atoms. The molecule has 4 heterocycles. The van der Waals surface area contributed by atoms with E-state index in [0.29, 0.717) is 6.10 Å². The number of piperidine rings is 1. The Morgan fingerprint density at radius 1 is 1.29 bits per heavy atom. The van der Waals surface area contributed by atoms with E-state index in [-0.39, 0.29) is 0 Å². The summed E-state index contributed by atoms with van der Waals surface area (Å²) in [7, 11) is 2.00. The van der Waals surface area contributed by atoms with Crippen LogP contribution in [0.2, 0.25) is 0 Å². The molecule has 0 unspecified atom stereocenters. The molecule has 3 aromatic heterocycles. The van der Waals surface area contributed by atoms with Crippen LogP contribution in [0.25, 0.3) is 10.2 Å². The van der Waals surface area contributed by atoms with Crippen LogP contribution in [0.1, 0.15) is 24.1 Å². The second-order valence-electron chi connectivity index (χ2n) is 6.42. The van der Waals surface area contributed by atoms with Crippen LogP contribution >= 0.6 is 11.3 Å². The number of pyridine rings is 1. The normalized spacial score (nSPS) is 16.8. The van der Waals surface area contributed by atoms with Crippen LogP contribution in [-0.4, -0.2) is 38.9 Å². The van der Waals surface area contributed by atoms with Gasteiger partial charge in [-0.1, -0.05) is 0 Å². The van der Waals surface area contributed by atoms with Crippen molar-refractivity contribution in [3.05, 3.63) is 41.2 Å². The average molecular weight is 342 g/mol. The molecule has 126 valence electrons. The fourth-order valence-electron chi connectivity index (χ4n) is 3.25. The highest BCUT2D eigenvalue weighted by Gasteiger charge is 2.22. The molecule has 0 radical (unpaired) electrons. The fourth-order valence-corrected chi connectivity index (χ4v) is 4.05. The van der Waals surface area contributed by atoms with Crippen LogP contribution < -0.4 is 4.74 Å². The fraction of sp³-hybridized carbons (Fsp3) is 0.444. The van der Waals surface area contributed by atoms with E-state index in [9.17, 15) is 0 Å². The van der Waals surface area contributed by atoms with Crippen molar-refractivity contribution < 1.29 is 4.74 Å². The van der Waals surface area contributed by atoms with Gasteiger partial charge < -0.3 is 4.74 Å². The largest absolute Gasteiger partial charge is 0.489 e. The van der Waals surface area contributed by atoms with Gasteiger partial charge in [-0.05, 0) is 37.3 Å². The summed E-state index contributed by atoms with van der Waals surface area (Å²) in [6, 6.07) is 4.04. The molecule has 0 aromatic carbocycles. The zero-order chi connectivity index (χ0) is 16.5. The standard InChI is InChI=1S/C18H22N4OS/c1-13-14(11-20-21(13)2)12-22-8-4-15(5-9-22)23-17-3-7-19-16-6-10-24-18(16)17/h3,6-7,10-11,15H,4-5,8-9,12H2,1-2H3. The maximum absolute atomic E-state index is 6.28. The minimum atomic E-state index is 0.295. The van der Waals surface area contributed by atoms with Crippen LogP contribution in [0.3, 0.4) is 0 Å². The first-order valence-electron chi connectivity index (χ1n) is 8.39. The van der Waals surface area contributed by atoms with E-state index in [1.54, 1.807) is 11.3 Å². The van der Waals surface area contributed by atoms with E-state index in [4.69, 9.17) is 4.74 Å². The lowest BCUT2D eigenvalue weighted by atomic mass is 10.1. The summed E-state index contributed by atoms with van der Waals surface area (Å²) in [4.78, 5) is 6.88. The molecule has 4 rings (SSSR count). The molecule has 0 atom stereocenters. The average Bonchev–Trinajstić information content (AvgIpc) is 3.19. The first kappa shape index (κ1) is 15.6. The summed E-state index contributed by atoms with van der Waals surface area (Å²) >= 11 is 1.70. The minimum Gasteiger partial charge on any atom is -0.489 e. The topological polar surface area (TPSA) is 43.2 Å². The highest BCUT2D eigenvalue weighted by atomic mass is 32.1. The number of hydrogen-bond donors (Lipinski definition) is 0. The van der Waals surface area contributed by atoms with Gasteiger partial charge in [-0.15, -0.1) is 11.3 Å². The zero-order valence-corrected chi connectivity index (χ0v) is 14.9. The molecular weight excluding hydrogens is 320 g/mol. The third-order valence-corrected chi connectivity index (χ3v) is 5.79. The zero-order valence-electron chi connectivity index (χ0n) is 14.1.